The highest BCUT2D eigenvalue weighted by Crippen LogP contribution is 2.44. The number of ether oxygens (including phenoxy) is 1. The third-order valence-electron chi connectivity index (χ3n) is 6.06. The van der Waals surface area contributed by atoms with Gasteiger partial charge < -0.3 is 20.1 Å². The van der Waals surface area contributed by atoms with E-state index in [2.05, 4.69) is 29.6 Å². The van der Waals surface area contributed by atoms with E-state index < -0.39 is 23.5 Å². The van der Waals surface area contributed by atoms with E-state index in [1.165, 1.54) is 24.1 Å². The van der Waals surface area contributed by atoms with Gasteiger partial charge in [-0.2, -0.15) is 0 Å². The molecule has 160 valence electrons. The third kappa shape index (κ3) is 3.91. The number of carbonyl (C=O) groups is 3. The molecule has 2 N–H and O–H groups in total. The van der Waals surface area contributed by atoms with Gasteiger partial charge >= 0.3 is 12.1 Å². The highest BCUT2D eigenvalue weighted by molar-refractivity contribution is 5.94. The Morgan fingerprint density at radius 3 is 2.23 bits per heavy atom. The van der Waals surface area contributed by atoms with Gasteiger partial charge in [-0.3, -0.25) is 4.79 Å². The highest BCUT2D eigenvalue weighted by Gasteiger charge is 2.55. The molecule has 2 aliphatic carbocycles. The minimum Gasteiger partial charge on any atom is -0.479 e. The maximum Gasteiger partial charge on any atom is 0.407 e. The van der Waals surface area contributed by atoms with Gasteiger partial charge in [0.1, 0.15) is 12.1 Å². The molecule has 0 bridgehead atoms. The van der Waals surface area contributed by atoms with Crippen molar-refractivity contribution < 1.29 is 24.2 Å². The van der Waals surface area contributed by atoms with Crippen LogP contribution in [0.3, 0.4) is 0 Å². The summed E-state index contributed by atoms with van der Waals surface area (Å²) < 4.78 is 5.43. The SMILES string of the molecule is CN(C(=O)/C=C/CNC(=O)OCC1c2ccccc2-c2ccccc21)C1(C(=O)O)CC1. The number of aliphatic carboxylic acids is 1. The molecule has 0 aliphatic heterocycles. The molecular weight excluding hydrogens is 396 g/mol. The lowest BCUT2D eigenvalue weighted by Gasteiger charge is -2.22. The molecule has 0 unspecified atom stereocenters. The molecule has 2 aromatic rings. The number of carbonyl (C=O) groups excluding carboxylic acids is 2. The topological polar surface area (TPSA) is 95.9 Å². The van der Waals surface area contributed by atoms with Crippen molar-refractivity contribution in [3.05, 3.63) is 71.8 Å². The summed E-state index contributed by atoms with van der Waals surface area (Å²) in [5, 5.41) is 11.8. The Kier molecular flexibility index (Phi) is 5.50. The maximum absolute atomic E-state index is 12.1. The Balaban J connectivity index is 1.28. The van der Waals surface area contributed by atoms with Gasteiger partial charge in [-0.05, 0) is 35.1 Å². The first-order valence-corrected chi connectivity index (χ1v) is 10.2. The van der Waals surface area contributed by atoms with Gasteiger partial charge in [-0.25, -0.2) is 9.59 Å². The van der Waals surface area contributed by atoms with Crippen molar-refractivity contribution in [2.24, 2.45) is 0 Å². The molecular formula is C24H24N2O5. The number of benzene rings is 2. The predicted octanol–water partition coefficient (Wildman–Crippen LogP) is 3.16. The fraction of sp³-hybridized carbons (Fsp3) is 0.292. The molecule has 0 heterocycles. The molecule has 2 aromatic carbocycles. The minimum atomic E-state index is -1.08. The van der Waals surface area contributed by atoms with Crippen molar-refractivity contribution in [3.63, 3.8) is 0 Å². The molecule has 7 heteroatoms. The molecule has 7 nitrogen and oxygen atoms in total. The van der Waals surface area contributed by atoms with E-state index in [0.717, 1.165) is 22.3 Å². The summed E-state index contributed by atoms with van der Waals surface area (Å²) in [6.07, 6.45) is 3.09. The smallest absolute Gasteiger partial charge is 0.407 e. The molecule has 2 amide bonds. The average molecular weight is 420 g/mol. The number of carboxylic acid groups (broad SMARTS) is 1. The van der Waals surface area contributed by atoms with Gasteiger partial charge in [-0.15, -0.1) is 0 Å². The van der Waals surface area contributed by atoms with E-state index in [4.69, 9.17) is 4.74 Å². The molecule has 0 atom stereocenters. The maximum atomic E-state index is 12.1. The van der Waals surface area contributed by atoms with Crippen LogP contribution in [0.25, 0.3) is 11.1 Å². The van der Waals surface area contributed by atoms with Gasteiger partial charge in [0, 0.05) is 25.6 Å². The second kappa shape index (κ2) is 8.26. The van der Waals surface area contributed by atoms with Gasteiger partial charge in [-0.1, -0.05) is 54.6 Å². The van der Waals surface area contributed by atoms with Crippen molar-refractivity contribution >= 4 is 18.0 Å². The molecule has 1 fully saturated rings. The Morgan fingerprint density at radius 2 is 1.68 bits per heavy atom. The lowest BCUT2D eigenvalue weighted by molar-refractivity contribution is -0.149. The van der Waals surface area contributed by atoms with Crippen LogP contribution >= 0.6 is 0 Å². The number of hydrogen-bond donors (Lipinski definition) is 2. The van der Waals surface area contributed by atoms with Crippen molar-refractivity contribution in [1.29, 1.82) is 0 Å². The number of amides is 2. The molecule has 0 spiro atoms. The number of nitrogens with zero attached hydrogens (tertiary/aromatic N) is 1. The van der Waals surface area contributed by atoms with E-state index in [9.17, 15) is 19.5 Å². The van der Waals surface area contributed by atoms with Crippen molar-refractivity contribution in [3.8, 4) is 11.1 Å². The number of likely N-dealkylation sites (N-methyl/N-ethyl adjacent to an activating group) is 1. The number of rotatable bonds is 7. The van der Waals surface area contributed by atoms with E-state index in [1.54, 1.807) is 0 Å². The van der Waals surface area contributed by atoms with Crippen molar-refractivity contribution in [2.45, 2.75) is 24.3 Å². The first-order valence-electron chi connectivity index (χ1n) is 10.2. The second-order valence-corrected chi connectivity index (χ2v) is 7.84. The standard InChI is InChI=1S/C24H24N2O5/c1-26(24(12-13-24)22(28)29)21(27)11-6-14-25-23(30)31-15-20-18-9-4-2-7-16(18)17-8-3-5-10-19(17)20/h2-11,20H,12-15H2,1H3,(H,25,30)(H,28,29)/b11-6+. The zero-order chi connectivity index (χ0) is 22.0. The molecule has 31 heavy (non-hydrogen) atoms. The highest BCUT2D eigenvalue weighted by atomic mass is 16.5. The Labute approximate surface area is 180 Å². The summed E-state index contributed by atoms with van der Waals surface area (Å²) in [6, 6.07) is 16.2. The van der Waals surface area contributed by atoms with Crippen LogP contribution in [0.1, 0.15) is 29.9 Å². The molecule has 4 rings (SSSR count). The van der Waals surface area contributed by atoms with Crippen LogP contribution in [-0.2, 0) is 14.3 Å². The van der Waals surface area contributed by atoms with Gasteiger partial charge in [0.15, 0.2) is 0 Å². The molecule has 1 saturated carbocycles. The van der Waals surface area contributed by atoms with Crippen molar-refractivity contribution in [2.75, 3.05) is 20.2 Å². The fourth-order valence-corrected chi connectivity index (χ4v) is 4.09. The first-order chi connectivity index (χ1) is 14.9. The number of carboxylic acids is 1. The lowest BCUT2D eigenvalue weighted by atomic mass is 9.98. The van der Waals surface area contributed by atoms with Crippen LogP contribution in [0.4, 0.5) is 4.79 Å². The number of hydrogen-bond acceptors (Lipinski definition) is 4. The van der Waals surface area contributed by atoms with Crippen LogP contribution in [0, 0.1) is 0 Å². The second-order valence-electron chi connectivity index (χ2n) is 7.84. The monoisotopic (exact) mass is 420 g/mol. The summed E-state index contributed by atoms with van der Waals surface area (Å²) in [6.45, 7) is 0.322. The Morgan fingerprint density at radius 1 is 1.10 bits per heavy atom. The molecule has 0 radical (unpaired) electrons. The van der Waals surface area contributed by atoms with Crippen LogP contribution in [0.5, 0.6) is 0 Å². The summed E-state index contributed by atoms with van der Waals surface area (Å²) in [4.78, 5) is 36.8. The lowest BCUT2D eigenvalue weighted by Crippen LogP contribution is -2.44. The zero-order valence-corrected chi connectivity index (χ0v) is 17.2. The molecule has 0 aromatic heterocycles. The molecule has 0 saturated heterocycles. The number of fused-ring (bicyclic) bond motifs is 3. The largest absolute Gasteiger partial charge is 0.479 e. The normalized spacial score (nSPS) is 15.8. The van der Waals surface area contributed by atoms with Crippen LogP contribution in [0.2, 0.25) is 0 Å². The quantitative estimate of drug-likeness (QED) is 0.671. The van der Waals surface area contributed by atoms with E-state index >= 15 is 0 Å². The summed E-state index contributed by atoms with van der Waals surface area (Å²) in [5.41, 5.74) is 3.51. The van der Waals surface area contributed by atoms with E-state index in [1.807, 2.05) is 24.3 Å². The average Bonchev–Trinajstić information content (AvgIpc) is 3.53. The van der Waals surface area contributed by atoms with Gasteiger partial charge in [0.2, 0.25) is 5.91 Å². The Bertz CT molecular complexity index is 1010. The minimum absolute atomic E-state index is 0.0188. The van der Waals surface area contributed by atoms with Gasteiger partial charge in [0.25, 0.3) is 0 Å². The fourth-order valence-electron chi connectivity index (χ4n) is 4.09. The zero-order valence-electron chi connectivity index (χ0n) is 17.2. The predicted molar refractivity (Wildman–Crippen MR) is 115 cm³/mol. The first kappa shape index (κ1) is 20.7. The number of alkyl carbamates (subject to hydrolysis) is 1. The van der Waals surface area contributed by atoms with Crippen LogP contribution in [-0.4, -0.2) is 53.7 Å². The van der Waals surface area contributed by atoms with E-state index in [0.29, 0.717) is 12.8 Å². The van der Waals surface area contributed by atoms with Crippen molar-refractivity contribution in [1.82, 2.24) is 10.2 Å². The van der Waals surface area contributed by atoms with Gasteiger partial charge in [0.05, 0.1) is 0 Å². The summed E-state index contributed by atoms with van der Waals surface area (Å²) in [5.74, 6) is -1.42. The van der Waals surface area contributed by atoms with Crippen LogP contribution < -0.4 is 5.32 Å². The Hall–Kier alpha value is -3.61. The number of nitrogens with one attached hydrogen (secondary N) is 1. The van der Waals surface area contributed by atoms with Crippen LogP contribution in [0.15, 0.2) is 60.7 Å². The molecule has 2 aliphatic rings. The third-order valence-corrected chi connectivity index (χ3v) is 6.06. The summed E-state index contributed by atoms with van der Waals surface area (Å²) in [7, 11) is 1.48. The van der Waals surface area contributed by atoms with E-state index in [-0.39, 0.29) is 19.1 Å². The summed E-state index contributed by atoms with van der Waals surface area (Å²) >= 11 is 0.